The van der Waals surface area contributed by atoms with Crippen molar-refractivity contribution in [1.82, 2.24) is 9.78 Å². The Morgan fingerprint density at radius 1 is 1.00 bits per heavy atom. The van der Waals surface area contributed by atoms with E-state index < -0.39 is 0 Å². The molecular weight excluding hydrogens is 307 g/mol. The number of benzene rings is 2. The summed E-state index contributed by atoms with van der Waals surface area (Å²) in [5.74, 6) is 0. The van der Waals surface area contributed by atoms with Crippen molar-refractivity contribution in [2.45, 2.75) is 6.54 Å². The molecule has 0 radical (unpaired) electrons. The zero-order valence-corrected chi connectivity index (χ0v) is 12.5. The van der Waals surface area contributed by atoms with Crippen molar-refractivity contribution in [2.75, 3.05) is 0 Å². The van der Waals surface area contributed by atoms with E-state index in [1.807, 2.05) is 36.4 Å². The van der Waals surface area contributed by atoms with Crippen molar-refractivity contribution in [3.8, 4) is 11.1 Å². The first-order valence-electron chi connectivity index (χ1n) is 6.43. The maximum absolute atomic E-state index is 12.4. The molecule has 0 spiro atoms. The third kappa shape index (κ3) is 2.89. The van der Waals surface area contributed by atoms with E-state index in [0.717, 1.165) is 11.1 Å². The maximum atomic E-state index is 12.4. The molecule has 0 bridgehead atoms. The van der Waals surface area contributed by atoms with Gasteiger partial charge in [-0.15, -0.1) is 0 Å². The van der Waals surface area contributed by atoms with Crippen molar-refractivity contribution in [3.05, 3.63) is 80.7 Å². The Morgan fingerprint density at radius 2 is 1.76 bits per heavy atom. The quantitative estimate of drug-likeness (QED) is 0.772. The van der Waals surface area contributed by atoms with Gasteiger partial charge < -0.3 is 5.10 Å². The van der Waals surface area contributed by atoms with Crippen LogP contribution in [0.3, 0.4) is 0 Å². The Labute approximate surface area is 131 Å². The van der Waals surface area contributed by atoms with Gasteiger partial charge in [0.05, 0.1) is 22.2 Å². The molecule has 21 heavy (non-hydrogen) atoms. The molecule has 1 heterocycles. The van der Waals surface area contributed by atoms with Crippen LogP contribution in [0.15, 0.2) is 59.5 Å². The molecule has 3 nitrogen and oxygen atoms in total. The molecule has 2 aromatic carbocycles. The van der Waals surface area contributed by atoms with Gasteiger partial charge in [0.15, 0.2) is 0 Å². The van der Waals surface area contributed by atoms with E-state index in [1.54, 1.807) is 23.0 Å². The Hall–Kier alpha value is -1.97. The molecule has 0 saturated heterocycles. The van der Waals surface area contributed by atoms with E-state index in [2.05, 4.69) is 5.10 Å². The van der Waals surface area contributed by atoms with Gasteiger partial charge in [0.25, 0.3) is 5.56 Å². The minimum absolute atomic E-state index is 0.0627. The van der Waals surface area contributed by atoms with Gasteiger partial charge in [-0.1, -0.05) is 59.6 Å². The van der Waals surface area contributed by atoms with E-state index in [4.69, 9.17) is 23.2 Å². The van der Waals surface area contributed by atoms with E-state index in [-0.39, 0.29) is 5.56 Å². The number of aromatic amines is 1. The molecule has 3 aromatic rings. The van der Waals surface area contributed by atoms with Crippen LogP contribution < -0.4 is 5.56 Å². The summed E-state index contributed by atoms with van der Waals surface area (Å²) in [5, 5.41) is 3.97. The van der Waals surface area contributed by atoms with Gasteiger partial charge in [-0.25, -0.2) is 4.68 Å². The van der Waals surface area contributed by atoms with Gasteiger partial charge in [0, 0.05) is 6.20 Å². The molecule has 106 valence electrons. The highest BCUT2D eigenvalue weighted by atomic mass is 35.5. The molecule has 0 fully saturated rings. The van der Waals surface area contributed by atoms with Crippen LogP contribution in [0.4, 0.5) is 0 Å². The fraction of sp³-hybridized carbons (Fsp3) is 0.0625. The zero-order valence-electron chi connectivity index (χ0n) is 11.0. The summed E-state index contributed by atoms with van der Waals surface area (Å²) in [6, 6.07) is 14.9. The molecule has 0 aliphatic carbocycles. The Kier molecular flexibility index (Phi) is 3.86. The average molecular weight is 319 g/mol. The van der Waals surface area contributed by atoms with Crippen molar-refractivity contribution in [3.63, 3.8) is 0 Å². The normalized spacial score (nSPS) is 10.8. The first-order valence-corrected chi connectivity index (χ1v) is 7.18. The highest BCUT2D eigenvalue weighted by molar-refractivity contribution is 6.42. The van der Waals surface area contributed by atoms with Crippen LogP contribution in [0.5, 0.6) is 0 Å². The molecule has 0 atom stereocenters. The number of nitrogens with one attached hydrogen (secondary N) is 1. The van der Waals surface area contributed by atoms with Crippen LogP contribution >= 0.6 is 23.2 Å². The van der Waals surface area contributed by atoms with Gasteiger partial charge >= 0.3 is 0 Å². The fourth-order valence-corrected chi connectivity index (χ4v) is 2.49. The van der Waals surface area contributed by atoms with Gasteiger partial charge in [-0.05, 0) is 23.3 Å². The molecule has 0 saturated carbocycles. The number of nitrogens with zero attached hydrogens (tertiary/aromatic N) is 1. The lowest BCUT2D eigenvalue weighted by Crippen LogP contribution is -2.18. The Balaban J connectivity index is 1.93. The molecule has 0 aliphatic rings. The summed E-state index contributed by atoms with van der Waals surface area (Å²) in [5.41, 5.74) is 2.39. The Morgan fingerprint density at radius 3 is 2.48 bits per heavy atom. The summed E-state index contributed by atoms with van der Waals surface area (Å²) in [6.45, 7) is 0.419. The second-order valence-corrected chi connectivity index (χ2v) is 5.51. The molecule has 0 unspecified atom stereocenters. The van der Waals surface area contributed by atoms with Gasteiger partial charge in [0.2, 0.25) is 0 Å². The van der Waals surface area contributed by atoms with E-state index in [9.17, 15) is 4.79 Å². The molecule has 3 rings (SSSR count). The largest absolute Gasteiger partial charge is 0.302 e. The standard InChI is InChI=1S/C16H12Cl2N2O/c17-14-7-6-11(8-15(14)18)10-20-16(21)13(9-19-20)12-4-2-1-3-5-12/h1-9,19H,10H2. The average Bonchev–Trinajstić information content (AvgIpc) is 2.85. The predicted octanol–water partition coefficient (Wildman–Crippen LogP) is 4.20. The molecule has 0 aliphatic heterocycles. The van der Waals surface area contributed by atoms with Crippen LogP contribution in [0, 0.1) is 0 Å². The predicted molar refractivity (Wildman–Crippen MR) is 86.1 cm³/mol. The van der Waals surface area contributed by atoms with Crippen molar-refractivity contribution in [1.29, 1.82) is 0 Å². The van der Waals surface area contributed by atoms with Crippen LogP contribution in [0.1, 0.15) is 5.56 Å². The highest BCUT2D eigenvalue weighted by Gasteiger charge is 2.09. The fourth-order valence-electron chi connectivity index (χ4n) is 2.17. The summed E-state index contributed by atoms with van der Waals surface area (Å²) in [4.78, 5) is 12.4. The lowest BCUT2D eigenvalue weighted by molar-refractivity contribution is 0.664. The minimum atomic E-state index is -0.0627. The summed E-state index contributed by atoms with van der Waals surface area (Å²) < 4.78 is 1.54. The number of rotatable bonds is 3. The minimum Gasteiger partial charge on any atom is -0.302 e. The van der Waals surface area contributed by atoms with Crippen LogP contribution in [-0.4, -0.2) is 9.78 Å². The number of halogens is 2. The van der Waals surface area contributed by atoms with Crippen LogP contribution in [0.2, 0.25) is 10.0 Å². The third-order valence-electron chi connectivity index (χ3n) is 3.25. The van der Waals surface area contributed by atoms with E-state index in [1.165, 1.54) is 0 Å². The number of aromatic nitrogens is 2. The number of H-pyrrole nitrogens is 1. The lowest BCUT2D eigenvalue weighted by Gasteiger charge is -2.03. The van der Waals surface area contributed by atoms with Crippen LogP contribution in [0.25, 0.3) is 11.1 Å². The summed E-state index contributed by atoms with van der Waals surface area (Å²) in [6.07, 6.45) is 1.72. The topological polar surface area (TPSA) is 37.8 Å². The molecule has 5 heteroatoms. The van der Waals surface area contributed by atoms with Gasteiger partial charge in [0.1, 0.15) is 0 Å². The third-order valence-corrected chi connectivity index (χ3v) is 3.99. The summed E-state index contributed by atoms with van der Waals surface area (Å²) in [7, 11) is 0. The molecule has 0 amide bonds. The maximum Gasteiger partial charge on any atom is 0.274 e. The second-order valence-electron chi connectivity index (χ2n) is 4.69. The number of hydrogen-bond donors (Lipinski definition) is 1. The van der Waals surface area contributed by atoms with Crippen molar-refractivity contribution >= 4 is 23.2 Å². The molecular formula is C16H12Cl2N2O. The smallest absolute Gasteiger partial charge is 0.274 e. The van der Waals surface area contributed by atoms with Gasteiger partial charge in [-0.3, -0.25) is 4.79 Å². The van der Waals surface area contributed by atoms with E-state index >= 15 is 0 Å². The highest BCUT2D eigenvalue weighted by Crippen LogP contribution is 2.23. The van der Waals surface area contributed by atoms with Crippen molar-refractivity contribution in [2.24, 2.45) is 0 Å². The first-order chi connectivity index (χ1) is 10.1. The van der Waals surface area contributed by atoms with Crippen molar-refractivity contribution < 1.29 is 0 Å². The Bertz CT molecular complexity index is 822. The van der Waals surface area contributed by atoms with Crippen LogP contribution in [-0.2, 0) is 6.54 Å². The molecule has 1 aromatic heterocycles. The first kappa shape index (κ1) is 14.0. The summed E-state index contributed by atoms with van der Waals surface area (Å²) >= 11 is 11.9. The molecule has 1 N–H and O–H groups in total. The van der Waals surface area contributed by atoms with Gasteiger partial charge in [-0.2, -0.15) is 0 Å². The monoisotopic (exact) mass is 318 g/mol. The second kappa shape index (κ2) is 5.80. The zero-order chi connectivity index (χ0) is 14.8. The lowest BCUT2D eigenvalue weighted by atomic mass is 10.1. The SMILES string of the molecule is O=c1c(-c2ccccc2)c[nH]n1Cc1ccc(Cl)c(Cl)c1. The number of hydrogen-bond acceptors (Lipinski definition) is 1. The van der Waals surface area contributed by atoms with E-state index in [0.29, 0.717) is 22.2 Å².